The van der Waals surface area contributed by atoms with Crippen LogP contribution < -0.4 is 10.6 Å². The van der Waals surface area contributed by atoms with Crippen molar-refractivity contribution in [3.8, 4) is 0 Å². The fourth-order valence-electron chi connectivity index (χ4n) is 5.34. The molecule has 1 aromatic heterocycles. The van der Waals surface area contributed by atoms with E-state index in [4.69, 9.17) is 17.2 Å². The molecule has 1 unspecified atom stereocenters. The molecule has 5 rings (SSSR count). The molecule has 5 nitrogen and oxygen atoms in total. The summed E-state index contributed by atoms with van der Waals surface area (Å²) in [5.74, 6) is -0.396. The minimum absolute atomic E-state index is 0.00471. The van der Waals surface area contributed by atoms with E-state index in [0.29, 0.717) is 6.04 Å². The van der Waals surface area contributed by atoms with Crippen LogP contribution in [0, 0.1) is 11.7 Å². The number of aromatic nitrogens is 1. The fraction of sp³-hybridized carbons (Fsp3) is 0.414. The highest BCUT2D eigenvalue weighted by Crippen LogP contribution is 2.26. The first-order valence-electron chi connectivity index (χ1n) is 13.0. The van der Waals surface area contributed by atoms with Crippen LogP contribution in [0.2, 0.25) is 0 Å². The summed E-state index contributed by atoms with van der Waals surface area (Å²) in [6.45, 7) is 1.54. The van der Waals surface area contributed by atoms with Gasteiger partial charge in [-0.3, -0.25) is 9.78 Å². The second-order valence-electron chi connectivity index (χ2n) is 9.97. The number of halogens is 1. The summed E-state index contributed by atoms with van der Waals surface area (Å²) in [4.78, 5) is 20.4. The third-order valence-corrected chi connectivity index (χ3v) is 7.87. The number of thiocarbonyl (C=S) groups is 1. The van der Waals surface area contributed by atoms with Gasteiger partial charge < -0.3 is 15.5 Å². The Morgan fingerprint density at radius 2 is 1.67 bits per heavy atom. The quantitative estimate of drug-likeness (QED) is 0.450. The molecule has 188 valence electrons. The van der Waals surface area contributed by atoms with Gasteiger partial charge in [0.1, 0.15) is 5.82 Å². The smallest absolute Gasteiger partial charge is 0.224 e. The highest BCUT2D eigenvalue weighted by molar-refractivity contribution is 7.80. The van der Waals surface area contributed by atoms with Gasteiger partial charge in [-0.25, -0.2) is 4.39 Å². The number of rotatable bonds is 5. The van der Waals surface area contributed by atoms with Gasteiger partial charge >= 0.3 is 0 Å². The molecule has 1 aliphatic carbocycles. The van der Waals surface area contributed by atoms with Crippen LogP contribution in [-0.4, -0.2) is 40.0 Å². The summed E-state index contributed by atoms with van der Waals surface area (Å²) in [5.41, 5.74) is 2.41. The van der Waals surface area contributed by atoms with Gasteiger partial charge in [0.15, 0.2) is 5.11 Å². The number of piperidine rings is 1. The molecule has 3 aromatic rings. The van der Waals surface area contributed by atoms with Gasteiger partial charge in [-0.05, 0) is 67.7 Å². The van der Waals surface area contributed by atoms with Crippen molar-refractivity contribution in [3.05, 3.63) is 77.7 Å². The van der Waals surface area contributed by atoms with E-state index < -0.39 is 6.04 Å². The van der Waals surface area contributed by atoms with Gasteiger partial charge in [0, 0.05) is 30.4 Å². The number of para-hydroxylation sites is 1. The van der Waals surface area contributed by atoms with Crippen molar-refractivity contribution < 1.29 is 9.18 Å². The van der Waals surface area contributed by atoms with E-state index in [-0.39, 0.29) is 17.6 Å². The monoisotopic (exact) mass is 504 g/mol. The van der Waals surface area contributed by atoms with E-state index in [9.17, 15) is 9.18 Å². The lowest BCUT2D eigenvalue weighted by Gasteiger charge is -2.36. The molecule has 1 aliphatic heterocycles. The predicted octanol–water partition coefficient (Wildman–Crippen LogP) is 5.50. The molecule has 7 heteroatoms. The SMILES string of the molecule is O=C(NC(c1ccc(F)cc1)c1ccc2ccccc2n1)C1CCN(C(=S)NC2CCCCC2)CC1. The molecule has 0 spiro atoms. The molecule has 0 radical (unpaired) electrons. The van der Waals surface area contributed by atoms with Gasteiger partial charge in [-0.15, -0.1) is 0 Å². The van der Waals surface area contributed by atoms with Crippen LogP contribution in [0.3, 0.4) is 0 Å². The number of pyridine rings is 1. The average Bonchev–Trinajstić information content (AvgIpc) is 2.92. The number of hydrogen-bond donors (Lipinski definition) is 2. The number of fused-ring (bicyclic) bond motifs is 1. The molecular formula is C29H33FN4OS. The lowest BCUT2D eigenvalue weighted by atomic mass is 9.94. The van der Waals surface area contributed by atoms with Gasteiger partial charge in [0.05, 0.1) is 17.3 Å². The Morgan fingerprint density at radius 3 is 2.42 bits per heavy atom. The second kappa shape index (κ2) is 11.3. The molecule has 2 aromatic carbocycles. The van der Waals surface area contributed by atoms with Crippen molar-refractivity contribution >= 4 is 34.1 Å². The molecule has 2 N–H and O–H groups in total. The minimum Gasteiger partial charge on any atom is -0.360 e. The molecule has 36 heavy (non-hydrogen) atoms. The fourth-order valence-corrected chi connectivity index (χ4v) is 5.69. The van der Waals surface area contributed by atoms with Gasteiger partial charge in [-0.1, -0.05) is 55.7 Å². The summed E-state index contributed by atoms with van der Waals surface area (Å²) in [5, 5.41) is 8.63. The molecule has 1 amide bonds. The van der Waals surface area contributed by atoms with Crippen molar-refractivity contribution in [1.29, 1.82) is 0 Å². The number of carbonyl (C=O) groups excluding carboxylic acids is 1. The third kappa shape index (κ3) is 5.84. The van der Waals surface area contributed by atoms with Crippen molar-refractivity contribution in [3.63, 3.8) is 0 Å². The predicted molar refractivity (Wildman–Crippen MR) is 145 cm³/mol. The number of hydrogen-bond acceptors (Lipinski definition) is 3. The summed E-state index contributed by atoms with van der Waals surface area (Å²) < 4.78 is 13.6. The number of carbonyl (C=O) groups is 1. The maximum atomic E-state index is 13.6. The number of benzene rings is 2. The molecule has 1 saturated carbocycles. The number of likely N-dealkylation sites (tertiary alicyclic amines) is 1. The molecule has 1 saturated heterocycles. The zero-order valence-electron chi connectivity index (χ0n) is 20.5. The van der Waals surface area contributed by atoms with E-state index in [0.717, 1.165) is 53.2 Å². The normalized spacial score (nSPS) is 18.1. The Balaban J connectivity index is 1.26. The molecule has 0 bridgehead atoms. The maximum Gasteiger partial charge on any atom is 0.224 e. The van der Waals surface area contributed by atoms with Crippen LogP contribution in [0.5, 0.6) is 0 Å². The average molecular weight is 505 g/mol. The van der Waals surface area contributed by atoms with Crippen molar-refractivity contribution in [2.75, 3.05) is 13.1 Å². The first kappa shape index (κ1) is 24.6. The topological polar surface area (TPSA) is 57.3 Å². The largest absolute Gasteiger partial charge is 0.360 e. The first-order chi connectivity index (χ1) is 17.6. The number of nitrogens with one attached hydrogen (secondary N) is 2. The minimum atomic E-state index is -0.449. The Kier molecular flexibility index (Phi) is 7.75. The lowest BCUT2D eigenvalue weighted by molar-refractivity contribution is -0.126. The Morgan fingerprint density at radius 1 is 0.944 bits per heavy atom. The van der Waals surface area contributed by atoms with Crippen molar-refractivity contribution in [2.24, 2.45) is 5.92 Å². The summed E-state index contributed by atoms with van der Waals surface area (Å²) >= 11 is 5.68. The highest BCUT2D eigenvalue weighted by Gasteiger charge is 2.29. The van der Waals surface area contributed by atoms with E-state index in [1.54, 1.807) is 12.1 Å². The van der Waals surface area contributed by atoms with Crippen molar-refractivity contribution in [1.82, 2.24) is 20.5 Å². The van der Waals surface area contributed by atoms with Gasteiger partial charge in [0.25, 0.3) is 0 Å². The molecule has 1 atom stereocenters. The van der Waals surface area contributed by atoms with Gasteiger partial charge in [-0.2, -0.15) is 0 Å². The first-order valence-corrected chi connectivity index (χ1v) is 13.4. The Labute approximate surface area is 217 Å². The Bertz CT molecular complexity index is 1200. The van der Waals surface area contributed by atoms with Crippen LogP contribution in [0.15, 0.2) is 60.7 Å². The van der Waals surface area contributed by atoms with E-state index in [1.807, 2.05) is 36.4 Å². The standard InChI is InChI=1S/C29H33FN4OS/c30-23-13-10-21(11-14-23)27(26-15-12-20-6-4-5-9-25(20)32-26)33-28(35)22-16-18-34(19-17-22)29(36)31-24-7-2-1-3-8-24/h4-6,9-15,22,24,27H,1-3,7-8,16-19H2,(H,31,36)(H,33,35). The van der Waals surface area contributed by atoms with Crippen LogP contribution in [0.1, 0.15) is 62.2 Å². The van der Waals surface area contributed by atoms with Crippen LogP contribution in [0.4, 0.5) is 4.39 Å². The third-order valence-electron chi connectivity index (χ3n) is 7.49. The highest BCUT2D eigenvalue weighted by atomic mass is 32.1. The van der Waals surface area contributed by atoms with E-state index in [1.165, 1.54) is 44.2 Å². The van der Waals surface area contributed by atoms with Crippen LogP contribution in [0.25, 0.3) is 10.9 Å². The molecular weight excluding hydrogens is 471 g/mol. The van der Waals surface area contributed by atoms with Crippen molar-refractivity contribution in [2.45, 2.75) is 57.0 Å². The number of nitrogens with zero attached hydrogens (tertiary/aromatic N) is 2. The summed E-state index contributed by atoms with van der Waals surface area (Å²) in [6, 6.07) is 18.2. The Hall–Kier alpha value is -3.06. The second-order valence-corrected chi connectivity index (χ2v) is 10.4. The number of amides is 1. The van der Waals surface area contributed by atoms with E-state index in [2.05, 4.69) is 15.5 Å². The van der Waals surface area contributed by atoms with Gasteiger partial charge in [0.2, 0.25) is 5.91 Å². The molecule has 2 fully saturated rings. The summed E-state index contributed by atoms with van der Waals surface area (Å²) in [6.07, 6.45) is 7.73. The molecule has 2 aliphatic rings. The zero-order chi connectivity index (χ0) is 24.9. The lowest BCUT2D eigenvalue weighted by Crippen LogP contribution is -2.49. The molecule has 2 heterocycles. The maximum absolute atomic E-state index is 13.6. The summed E-state index contributed by atoms with van der Waals surface area (Å²) in [7, 11) is 0. The van der Waals surface area contributed by atoms with E-state index >= 15 is 0 Å². The van der Waals surface area contributed by atoms with Crippen LogP contribution in [-0.2, 0) is 4.79 Å². The van der Waals surface area contributed by atoms with Crippen LogP contribution >= 0.6 is 12.2 Å². The zero-order valence-corrected chi connectivity index (χ0v) is 21.3.